The Labute approximate surface area is 276 Å². The molecule has 48 heavy (non-hydrogen) atoms. The molecule has 0 aliphatic carbocycles. The smallest absolute Gasteiger partial charge is 0.320 e. The first-order valence-electron chi connectivity index (χ1n) is 14.2. The highest BCUT2D eigenvalue weighted by Gasteiger charge is 2.12. The molecule has 4 atom stereocenters. The molecule has 24 nitrogen and oxygen atoms in total. The first-order valence-corrected chi connectivity index (χ1v) is 14.2. The molecule has 280 valence electrons. The van der Waals surface area contributed by atoms with Crippen molar-refractivity contribution in [2.45, 2.75) is 75.5 Å². The number of aliphatic carboxylic acids is 4. The lowest BCUT2D eigenvalue weighted by Crippen LogP contribution is -2.33. The Kier molecular flexibility index (Phi) is 32.9. The fourth-order valence-corrected chi connectivity index (χ4v) is 2.63. The minimum absolute atomic E-state index is 0.329. The summed E-state index contributed by atoms with van der Waals surface area (Å²) in [5.74, 6) is -4.13. The van der Waals surface area contributed by atoms with Crippen LogP contribution in [0, 0.1) is 0 Å². The summed E-state index contributed by atoms with van der Waals surface area (Å²) in [5, 5.41) is 42.7. The predicted octanol–water partition coefficient (Wildman–Crippen LogP) is -4.61. The third-order valence-corrected chi connectivity index (χ3v) is 5.23. The van der Waals surface area contributed by atoms with E-state index in [1.54, 1.807) is 0 Å². The standard InChI is InChI=1S/4C6H13N3O3/c4*7-4(5(10)11)2-1-3-9-6(8)12/h4*4H,1-3,7H2,(H,10,11)(H3,8,9,12)/t4*4-/m0000/s1. The van der Waals surface area contributed by atoms with Gasteiger partial charge < -0.3 is 87.6 Å². The van der Waals surface area contributed by atoms with Gasteiger partial charge in [-0.05, 0) is 51.4 Å². The Bertz CT molecular complexity index is 838. The summed E-state index contributed by atoms with van der Waals surface area (Å²) in [7, 11) is 0. The van der Waals surface area contributed by atoms with E-state index in [1.807, 2.05) is 0 Å². The summed E-state index contributed by atoms with van der Waals surface area (Å²) in [6.45, 7) is 1.43. The van der Waals surface area contributed by atoms with E-state index in [0.29, 0.717) is 77.5 Å². The molecule has 0 rings (SSSR count). The molecule has 0 aromatic heterocycles. The number of carboxylic acid groups (broad SMARTS) is 4. The fraction of sp³-hybridized carbons (Fsp3) is 0.667. The van der Waals surface area contributed by atoms with Gasteiger partial charge in [-0.1, -0.05) is 0 Å². The number of rotatable bonds is 20. The monoisotopic (exact) mass is 700 g/mol. The zero-order valence-electron chi connectivity index (χ0n) is 26.5. The topological polar surface area (TPSA) is 474 Å². The van der Waals surface area contributed by atoms with E-state index in [4.69, 9.17) is 66.3 Å². The number of hydrogen-bond acceptors (Lipinski definition) is 12. The molecule has 24 N–H and O–H groups in total. The number of nitrogens with two attached hydrogens (primary N) is 8. The van der Waals surface area contributed by atoms with Gasteiger partial charge in [-0.2, -0.15) is 0 Å². The van der Waals surface area contributed by atoms with E-state index in [9.17, 15) is 38.4 Å². The quantitative estimate of drug-likeness (QED) is 0.0531. The maximum Gasteiger partial charge on any atom is 0.320 e. The van der Waals surface area contributed by atoms with Crippen LogP contribution in [0.15, 0.2) is 0 Å². The number of nitrogens with one attached hydrogen (secondary N) is 4. The van der Waals surface area contributed by atoms with Gasteiger partial charge in [0.25, 0.3) is 0 Å². The van der Waals surface area contributed by atoms with Gasteiger partial charge in [0.1, 0.15) is 24.2 Å². The van der Waals surface area contributed by atoms with Crippen LogP contribution in [0.4, 0.5) is 19.2 Å². The summed E-state index contributed by atoms with van der Waals surface area (Å²) in [6, 6.07) is -5.89. The number of hydrogen-bond donors (Lipinski definition) is 16. The summed E-state index contributed by atoms with van der Waals surface area (Å²) < 4.78 is 0. The highest BCUT2D eigenvalue weighted by molar-refractivity contribution is 5.75. The number of carboxylic acids is 4. The molecule has 0 saturated carbocycles. The second-order valence-electron chi connectivity index (χ2n) is 9.51. The van der Waals surface area contributed by atoms with E-state index in [-0.39, 0.29) is 0 Å². The Morgan fingerprint density at radius 1 is 0.375 bits per heavy atom. The largest absolute Gasteiger partial charge is 0.480 e. The van der Waals surface area contributed by atoms with Crippen LogP contribution in [0.3, 0.4) is 0 Å². The van der Waals surface area contributed by atoms with Crippen molar-refractivity contribution < 1.29 is 58.8 Å². The Hall–Kier alpha value is -5.20. The van der Waals surface area contributed by atoms with Gasteiger partial charge in [-0.25, -0.2) is 19.2 Å². The second-order valence-corrected chi connectivity index (χ2v) is 9.51. The van der Waals surface area contributed by atoms with Crippen molar-refractivity contribution in [3.05, 3.63) is 0 Å². The van der Waals surface area contributed by atoms with Crippen molar-refractivity contribution in [1.29, 1.82) is 0 Å². The lowest BCUT2D eigenvalue weighted by Gasteiger charge is -2.05. The summed E-state index contributed by atoms with van der Waals surface area (Å²) in [4.78, 5) is 81.3. The normalized spacial score (nSPS) is 12.1. The Morgan fingerprint density at radius 2 is 0.521 bits per heavy atom. The molecule has 24 heteroatoms. The van der Waals surface area contributed by atoms with Gasteiger partial charge >= 0.3 is 48.0 Å². The Morgan fingerprint density at radius 3 is 0.625 bits per heavy atom. The molecule has 0 spiro atoms. The van der Waals surface area contributed by atoms with E-state index < -0.39 is 72.2 Å². The van der Waals surface area contributed by atoms with E-state index in [1.165, 1.54) is 0 Å². The van der Waals surface area contributed by atoms with Crippen LogP contribution in [-0.4, -0.2) is 119 Å². The highest BCUT2D eigenvalue weighted by Crippen LogP contribution is 1.94. The van der Waals surface area contributed by atoms with Crippen molar-refractivity contribution in [3.8, 4) is 0 Å². The molecule has 0 aromatic rings. The van der Waals surface area contributed by atoms with Gasteiger partial charge in [0, 0.05) is 26.2 Å². The summed E-state index contributed by atoms with van der Waals surface area (Å²) in [5.41, 5.74) is 39.8. The first kappa shape index (κ1) is 49.7. The molecule has 0 radical (unpaired) electrons. The zero-order valence-corrected chi connectivity index (χ0v) is 26.5. The van der Waals surface area contributed by atoms with Crippen LogP contribution < -0.4 is 67.1 Å². The Balaban J connectivity index is -0.000000269. The number of carbonyl (C=O) groups excluding carboxylic acids is 4. The van der Waals surface area contributed by atoms with Crippen LogP contribution >= 0.6 is 0 Å². The molecule has 0 bridgehead atoms. The molecular formula is C24H52N12O12. The lowest BCUT2D eigenvalue weighted by molar-refractivity contribution is -0.139. The lowest BCUT2D eigenvalue weighted by atomic mass is 10.2. The van der Waals surface area contributed by atoms with Crippen LogP contribution in [0.1, 0.15) is 51.4 Å². The summed E-state index contributed by atoms with van der Waals surface area (Å²) >= 11 is 0. The minimum Gasteiger partial charge on any atom is -0.480 e. The molecule has 0 fully saturated rings. The summed E-state index contributed by atoms with van der Waals surface area (Å²) in [6.07, 6.45) is 3.36. The van der Waals surface area contributed by atoms with Gasteiger partial charge in [-0.15, -0.1) is 0 Å². The third-order valence-electron chi connectivity index (χ3n) is 5.23. The SMILES string of the molecule is NC(=O)NCCC[C@H](N)C(=O)O.NC(=O)NCCC[C@H](N)C(=O)O.NC(=O)NCCC[C@H](N)C(=O)O.NC(=O)NCCC[C@H](N)C(=O)O. The van der Waals surface area contributed by atoms with E-state index in [0.717, 1.165) is 0 Å². The molecule has 8 amide bonds. The van der Waals surface area contributed by atoms with Crippen LogP contribution in [0.5, 0.6) is 0 Å². The van der Waals surface area contributed by atoms with Gasteiger partial charge in [-0.3, -0.25) is 19.2 Å². The number of amides is 8. The van der Waals surface area contributed by atoms with Gasteiger partial charge in [0.2, 0.25) is 0 Å². The van der Waals surface area contributed by atoms with Gasteiger partial charge in [0.15, 0.2) is 0 Å². The van der Waals surface area contributed by atoms with Crippen molar-refractivity contribution in [3.63, 3.8) is 0 Å². The van der Waals surface area contributed by atoms with Crippen molar-refractivity contribution in [2.75, 3.05) is 26.2 Å². The zero-order chi connectivity index (χ0) is 38.2. The third kappa shape index (κ3) is 42.9. The maximum absolute atomic E-state index is 10.2. The first-order chi connectivity index (χ1) is 22.1. The molecule has 0 unspecified atom stereocenters. The fourth-order valence-electron chi connectivity index (χ4n) is 2.63. The maximum atomic E-state index is 10.2. The molecule has 0 aliphatic heterocycles. The van der Waals surface area contributed by atoms with Crippen LogP contribution in [0.2, 0.25) is 0 Å². The number of primary amides is 4. The molecule has 0 saturated heterocycles. The second kappa shape index (κ2) is 31.8. The van der Waals surface area contributed by atoms with Crippen molar-refractivity contribution in [1.82, 2.24) is 21.3 Å². The van der Waals surface area contributed by atoms with Crippen LogP contribution in [-0.2, 0) is 19.2 Å². The molecule has 0 heterocycles. The average molecular weight is 701 g/mol. The molecular weight excluding hydrogens is 648 g/mol. The van der Waals surface area contributed by atoms with Gasteiger partial charge in [0.05, 0.1) is 0 Å². The average Bonchev–Trinajstić information content (AvgIpc) is 2.97. The van der Waals surface area contributed by atoms with E-state index in [2.05, 4.69) is 21.3 Å². The van der Waals surface area contributed by atoms with Crippen molar-refractivity contribution >= 4 is 48.0 Å². The van der Waals surface area contributed by atoms with Crippen LogP contribution in [0.25, 0.3) is 0 Å². The predicted molar refractivity (Wildman–Crippen MR) is 170 cm³/mol. The highest BCUT2D eigenvalue weighted by atomic mass is 16.4. The van der Waals surface area contributed by atoms with E-state index >= 15 is 0 Å². The molecule has 0 aliphatic rings. The minimum atomic E-state index is -1.03. The van der Waals surface area contributed by atoms with Crippen molar-refractivity contribution in [2.24, 2.45) is 45.9 Å². The number of urea groups is 4. The number of carbonyl (C=O) groups is 8. The molecule has 0 aromatic carbocycles.